The molecule has 0 saturated carbocycles. The largest absolute Gasteiger partial charge is 0.298 e. The van der Waals surface area contributed by atoms with Crippen LogP contribution in [-0.2, 0) is 4.79 Å². The molecule has 66 valence electrons. The van der Waals surface area contributed by atoms with Gasteiger partial charge in [0, 0.05) is 11.7 Å². The molecule has 0 bridgehead atoms. The smallest absolute Gasteiger partial charge is 0.153 e. The van der Waals surface area contributed by atoms with E-state index >= 15 is 0 Å². The molecule has 0 radical (unpaired) electrons. The molecule has 1 atom stereocenters. The Morgan fingerprint density at radius 3 is 2.45 bits per heavy atom. The van der Waals surface area contributed by atoms with Gasteiger partial charge in [-0.3, -0.25) is 9.52 Å². The minimum Gasteiger partial charge on any atom is -0.298 e. The van der Waals surface area contributed by atoms with Crippen LogP contribution < -0.4 is 4.72 Å². The number of hydrogen-bond donors (Lipinski definition) is 2. The van der Waals surface area contributed by atoms with Crippen LogP contribution in [0.3, 0.4) is 0 Å². The summed E-state index contributed by atoms with van der Waals surface area (Å²) in [5, 5.41) is 0. The molecule has 0 rings (SSSR count). The predicted molar refractivity (Wildman–Crippen MR) is 54.1 cm³/mol. The Labute approximate surface area is 78.1 Å². The van der Waals surface area contributed by atoms with Crippen LogP contribution in [0.1, 0.15) is 13.8 Å². The highest BCUT2D eigenvalue weighted by molar-refractivity contribution is 7.96. The molecule has 1 unspecified atom stereocenters. The Kier molecular flexibility index (Phi) is 6.09. The van der Waals surface area contributed by atoms with Gasteiger partial charge in [-0.15, -0.1) is 0 Å². The minimum atomic E-state index is -0.103. The lowest BCUT2D eigenvalue weighted by Crippen LogP contribution is -2.36. The third-order valence-electron chi connectivity index (χ3n) is 1.36. The number of Topliss-reactive ketones (excluding diaryl/α,β-unsaturated/α-hetero) is 1. The van der Waals surface area contributed by atoms with Crippen molar-refractivity contribution in [1.29, 1.82) is 0 Å². The van der Waals surface area contributed by atoms with E-state index in [4.69, 9.17) is 0 Å². The molecule has 1 N–H and O–H groups in total. The zero-order valence-corrected chi connectivity index (χ0v) is 8.84. The van der Waals surface area contributed by atoms with E-state index in [1.165, 1.54) is 11.9 Å². The fraction of sp³-hybridized carbons (Fsp3) is 0.857. The number of carbonyl (C=O) groups excluding carboxylic acids is 1. The number of hydrogen-bond acceptors (Lipinski definition) is 4. The lowest BCUT2D eigenvalue weighted by Gasteiger charge is -2.14. The van der Waals surface area contributed by atoms with Crippen LogP contribution in [0.4, 0.5) is 0 Å². The van der Waals surface area contributed by atoms with E-state index in [1.807, 2.05) is 20.1 Å². The van der Waals surface area contributed by atoms with E-state index in [0.717, 1.165) is 0 Å². The fourth-order valence-corrected chi connectivity index (χ4v) is 1.61. The van der Waals surface area contributed by atoms with Crippen LogP contribution in [0, 0.1) is 5.92 Å². The normalized spacial score (nSPS) is 13.5. The molecular formula is C7H15NOS2. The molecule has 0 saturated heterocycles. The van der Waals surface area contributed by atoms with Gasteiger partial charge in [0.1, 0.15) is 0 Å². The maximum Gasteiger partial charge on any atom is 0.153 e. The fourth-order valence-electron chi connectivity index (χ4n) is 0.730. The lowest BCUT2D eigenvalue weighted by molar-refractivity contribution is -0.122. The van der Waals surface area contributed by atoms with Gasteiger partial charge in [0.15, 0.2) is 5.78 Å². The van der Waals surface area contributed by atoms with Crippen molar-refractivity contribution >= 4 is 30.4 Å². The van der Waals surface area contributed by atoms with Crippen LogP contribution >= 0.6 is 24.6 Å². The zero-order chi connectivity index (χ0) is 8.85. The van der Waals surface area contributed by atoms with E-state index in [1.54, 1.807) is 0 Å². The molecule has 0 aromatic carbocycles. The third-order valence-corrected chi connectivity index (χ3v) is 2.24. The van der Waals surface area contributed by atoms with Gasteiger partial charge in [-0.25, -0.2) is 0 Å². The Morgan fingerprint density at radius 1 is 1.64 bits per heavy atom. The van der Waals surface area contributed by atoms with Crippen LogP contribution in [-0.4, -0.2) is 23.8 Å². The first-order chi connectivity index (χ1) is 5.13. The van der Waals surface area contributed by atoms with E-state index in [2.05, 4.69) is 17.4 Å². The van der Waals surface area contributed by atoms with Gasteiger partial charge < -0.3 is 0 Å². The average Bonchev–Trinajstić information content (AvgIpc) is 1.98. The summed E-state index contributed by atoms with van der Waals surface area (Å²) < 4.78 is 3.00. The first-order valence-electron chi connectivity index (χ1n) is 3.56. The molecule has 0 aromatic rings. The number of ketones is 1. The maximum atomic E-state index is 11.3. The summed E-state index contributed by atoms with van der Waals surface area (Å²) in [6.07, 6.45) is 1.91. The second kappa shape index (κ2) is 5.91. The SMILES string of the molecule is CSNC(CS)C(=O)C(C)C. The van der Waals surface area contributed by atoms with Gasteiger partial charge in [0.05, 0.1) is 6.04 Å². The first kappa shape index (κ1) is 11.3. The highest BCUT2D eigenvalue weighted by Crippen LogP contribution is 2.03. The molecule has 4 heteroatoms. The number of carbonyl (C=O) groups is 1. The van der Waals surface area contributed by atoms with Crippen molar-refractivity contribution in [1.82, 2.24) is 4.72 Å². The van der Waals surface area contributed by atoms with Gasteiger partial charge in [-0.1, -0.05) is 25.8 Å². The summed E-state index contributed by atoms with van der Waals surface area (Å²) in [5.41, 5.74) is 0. The molecular weight excluding hydrogens is 178 g/mol. The van der Waals surface area contributed by atoms with Crippen molar-refractivity contribution in [2.75, 3.05) is 12.0 Å². The van der Waals surface area contributed by atoms with Gasteiger partial charge in [0.2, 0.25) is 0 Å². The molecule has 0 heterocycles. The molecule has 0 aliphatic rings. The standard InChI is InChI=1S/C7H15NOS2/c1-5(2)7(9)6(4-10)8-11-3/h5-6,8,10H,4H2,1-3H3. The number of nitrogens with one attached hydrogen (secondary N) is 1. The van der Waals surface area contributed by atoms with Gasteiger partial charge in [0.25, 0.3) is 0 Å². The monoisotopic (exact) mass is 193 g/mol. The first-order valence-corrected chi connectivity index (χ1v) is 5.42. The lowest BCUT2D eigenvalue weighted by atomic mass is 10.0. The van der Waals surface area contributed by atoms with Crippen LogP contribution in [0.25, 0.3) is 0 Å². The van der Waals surface area contributed by atoms with Crippen LogP contribution in [0.2, 0.25) is 0 Å². The van der Waals surface area contributed by atoms with Gasteiger partial charge >= 0.3 is 0 Å². The second-order valence-corrected chi connectivity index (χ2v) is 3.62. The summed E-state index contributed by atoms with van der Waals surface area (Å²) >= 11 is 5.55. The van der Waals surface area contributed by atoms with E-state index < -0.39 is 0 Å². The number of rotatable bonds is 5. The quantitative estimate of drug-likeness (QED) is 0.510. The topological polar surface area (TPSA) is 29.1 Å². The molecule has 11 heavy (non-hydrogen) atoms. The van der Waals surface area contributed by atoms with Crippen molar-refractivity contribution in [3.05, 3.63) is 0 Å². The predicted octanol–water partition coefficient (Wildman–Crippen LogP) is 1.38. The molecule has 0 amide bonds. The molecule has 2 nitrogen and oxygen atoms in total. The molecule has 0 aliphatic carbocycles. The number of thiol groups is 1. The summed E-state index contributed by atoms with van der Waals surface area (Å²) in [6, 6.07) is -0.103. The minimum absolute atomic E-state index is 0.0896. The Bertz CT molecular complexity index is 128. The third kappa shape index (κ3) is 4.03. The van der Waals surface area contributed by atoms with Crippen LogP contribution in [0.5, 0.6) is 0 Å². The zero-order valence-electron chi connectivity index (χ0n) is 7.13. The van der Waals surface area contributed by atoms with Crippen molar-refractivity contribution < 1.29 is 4.79 Å². The maximum absolute atomic E-state index is 11.3. The second-order valence-electron chi connectivity index (χ2n) is 2.61. The molecule has 0 spiro atoms. The van der Waals surface area contributed by atoms with Gasteiger partial charge in [-0.2, -0.15) is 12.6 Å². The average molecular weight is 193 g/mol. The summed E-state index contributed by atoms with van der Waals surface area (Å²) in [6.45, 7) is 3.81. The summed E-state index contributed by atoms with van der Waals surface area (Å²) in [5.74, 6) is 0.888. The van der Waals surface area contributed by atoms with E-state index in [9.17, 15) is 4.79 Å². The summed E-state index contributed by atoms with van der Waals surface area (Å²) in [7, 11) is 0. The van der Waals surface area contributed by atoms with E-state index in [-0.39, 0.29) is 17.7 Å². The van der Waals surface area contributed by atoms with Crippen molar-refractivity contribution in [2.45, 2.75) is 19.9 Å². The van der Waals surface area contributed by atoms with Crippen LogP contribution in [0.15, 0.2) is 0 Å². The highest BCUT2D eigenvalue weighted by Gasteiger charge is 2.18. The molecule has 0 aromatic heterocycles. The Morgan fingerprint density at radius 2 is 2.18 bits per heavy atom. The van der Waals surface area contributed by atoms with E-state index in [0.29, 0.717) is 5.75 Å². The van der Waals surface area contributed by atoms with Crippen molar-refractivity contribution in [3.8, 4) is 0 Å². The molecule has 0 fully saturated rings. The Balaban J connectivity index is 3.92. The highest BCUT2D eigenvalue weighted by atomic mass is 32.2. The molecule has 0 aliphatic heterocycles. The van der Waals surface area contributed by atoms with Gasteiger partial charge in [-0.05, 0) is 6.26 Å². The Hall–Kier alpha value is 0.330. The summed E-state index contributed by atoms with van der Waals surface area (Å²) in [4.78, 5) is 11.3. The van der Waals surface area contributed by atoms with Crippen molar-refractivity contribution in [2.24, 2.45) is 5.92 Å². The van der Waals surface area contributed by atoms with Crippen molar-refractivity contribution in [3.63, 3.8) is 0 Å².